The molecule has 1 aromatic heterocycles. The summed E-state index contributed by atoms with van der Waals surface area (Å²) in [6, 6.07) is 22.3. The van der Waals surface area contributed by atoms with Gasteiger partial charge in [-0.3, -0.25) is 14.9 Å². The number of benzene rings is 3. The van der Waals surface area contributed by atoms with Crippen molar-refractivity contribution in [2.75, 3.05) is 4.90 Å². The van der Waals surface area contributed by atoms with Gasteiger partial charge in [0.15, 0.2) is 0 Å². The van der Waals surface area contributed by atoms with Crippen LogP contribution in [0, 0.1) is 27.7 Å². The highest BCUT2D eigenvalue weighted by molar-refractivity contribution is 9.10. The van der Waals surface area contributed by atoms with E-state index in [4.69, 9.17) is 4.74 Å². The Morgan fingerprint density at radius 2 is 1.60 bits per heavy atom. The first kappa shape index (κ1) is 27.1. The van der Waals surface area contributed by atoms with Crippen LogP contribution >= 0.6 is 15.9 Å². The topological polar surface area (TPSA) is 80.6 Å². The Kier molecular flexibility index (Phi) is 7.45. The van der Waals surface area contributed by atoms with Crippen molar-refractivity contribution in [3.8, 4) is 11.4 Å². The standard InChI is InChI=1S/C32H28BrN3O4/c1-19-6-5-7-29(21(19)3)36-31(38)28(30(37)34-32(36)39)17-24-16-20(2)35(22(24)4)26-12-14-27(15-13-26)40-18-23-8-10-25(33)11-9-23/h5-17H,18H2,1-4H3,(H,34,37,39)/b28-17+. The first-order valence-corrected chi connectivity index (χ1v) is 13.6. The molecule has 0 radical (unpaired) electrons. The number of amides is 4. The van der Waals surface area contributed by atoms with Crippen LogP contribution in [0.5, 0.6) is 5.75 Å². The lowest BCUT2D eigenvalue weighted by atomic mass is 10.0. The van der Waals surface area contributed by atoms with E-state index in [0.29, 0.717) is 17.9 Å². The molecule has 1 fully saturated rings. The first-order valence-electron chi connectivity index (χ1n) is 12.8. The van der Waals surface area contributed by atoms with Crippen molar-refractivity contribution in [1.29, 1.82) is 0 Å². The van der Waals surface area contributed by atoms with Gasteiger partial charge in [-0.15, -0.1) is 0 Å². The zero-order valence-corrected chi connectivity index (χ0v) is 24.2. The summed E-state index contributed by atoms with van der Waals surface area (Å²) in [6.45, 7) is 8.10. The lowest BCUT2D eigenvalue weighted by molar-refractivity contribution is -0.122. The maximum atomic E-state index is 13.5. The molecule has 0 bridgehead atoms. The fraction of sp³-hybridized carbons (Fsp3) is 0.156. The van der Waals surface area contributed by atoms with Gasteiger partial charge in [-0.2, -0.15) is 0 Å². The third kappa shape index (κ3) is 5.22. The van der Waals surface area contributed by atoms with Crippen molar-refractivity contribution in [3.63, 3.8) is 0 Å². The molecule has 2 heterocycles. The van der Waals surface area contributed by atoms with Gasteiger partial charge in [0.25, 0.3) is 11.8 Å². The van der Waals surface area contributed by atoms with Gasteiger partial charge in [0, 0.05) is 21.5 Å². The summed E-state index contributed by atoms with van der Waals surface area (Å²) in [6.07, 6.45) is 1.55. The Balaban J connectivity index is 1.41. The SMILES string of the molecule is Cc1cccc(N2C(=O)NC(=O)/C(=C\c3cc(C)n(-c4ccc(OCc5ccc(Br)cc5)cc4)c3C)C2=O)c1C. The van der Waals surface area contributed by atoms with Gasteiger partial charge in [-0.05, 0) is 105 Å². The smallest absolute Gasteiger partial charge is 0.335 e. The van der Waals surface area contributed by atoms with E-state index in [2.05, 4.69) is 21.2 Å². The van der Waals surface area contributed by atoms with E-state index in [-0.39, 0.29) is 5.57 Å². The highest BCUT2D eigenvalue weighted by Crippen LogP contribution is 2.29. The number of aryl methyl sites for hydroxylation is 2. The van der Waals surface area contributed by atoms with Crippen LogP contribution in [0.1, 0.15) is 33.6 Å². The third-order valence-electron chi connectivity index (χ3n) is 7.10. The summed E-state index contributed by atoms with van der Waals surface area (Å²) in [5.74, 6) is -0.620. The van der Waals surface area contributed by atoms with Gasteiger partial charge in [0.1, 0.15) is 17.9 Å². The van der Waals surface area contributed by atoms with Gasteiger partial charge in [0.2, 0.25) is 0 Å². The van der Waals surface area contributed by atoms with Gasteiger partial charge in [-0.25, -0.2) is 9.69 Å². The predicted molar refractivity (Wildman–Crippen MR) is 159 cm³/mol. The number of hydrogen-bond acceptors (Lipinski definition) is 4. The molecule has 1 saturated heterocycles. The molecule has 0 spiro atoms. The van der Waals surface area contributed by atoms with Crippen LogP contribution < -0.4 is 15.0 Å². The number of aromatic nitrogens is 1. The largest absolute Gasteiger partial charge is 0.489 e. The first-order chi connectivity index (χ1) is 19.1. The highest BCUT2D eigenvalue weighted by Gasteiger charge is 2.37. The average molecular weight is 598 g/mol. The van der Waals surface area contributed by atoms with E-state index < -0.39 is 17.8 Å². The van der Waals surface area contributed by atoms with E-state index in [1.165, 1.54) is 0 Å². The molecule has 1 N–H and O–H groups in total. The van der Waals surface area contributed by atoms with Gasteiger partial charge in [0.05, 0.1) is 5.69 Å². The number of imide groups is 2. The minimum absolute atomic E-state index is 0.0996. The molecule has 7 nitrogen and oxygen atoms in total. The van der Waals surface area contributed by atoms with Crippen LogP contribution in [0.3, 0.4) is 0 Å². The Morgan fingerprint density at radius 1 is 0.900 bits per heavy atom. The number of nitrogens with zero attached hydrogens (tertiary/aromatic N) is 2. The molecule has 1 aliphatic rings. The van der Waals surface area contributed by atoms with Crippen LogP contribution in [-0.4, -0.2) is 22.4 Å². The number of rotatable bonds is 6. The molecule has 0 saturated carbocycles. The number of nitrogens with one attached hydrogen (secondary N) is 1. The molecule has 202 valence electrons. The minimum atomic E-state index is -0.756. The van der Waals surface area contributed by atoms with Crippen molar-refractivity contribution in [2.45, 2.75) is 34.3 Å². The van der Waals surface area contributed by atoms with E-state index in [9.17, 15) is 14.4 Å². The second-order valence-electron chi connectivity index (χ2n) is 9.75. The number of urea groups is 1. The molecule has 4 aromatic rings. The number of carbonyl (C=O) groups excluding carboxylic acids is 3. The highest BCUT2D eigenvalue weighted by atomic mass is 79.9. The van der Waals surface area contributed by atoms with Crippen LogP contribution in [0.2, 0.25) is 0 Å². The summed E-state index contributed by atoms with van der Waals surface area (Å²) in [5, 5.41) is 2.32. The normalized spacial score (nSPS) is 14.6. The Morgan fingerprint density at radius 3 is 2.30 bits per heavy atom. The van der Waals surface area contributed by atoms with E-state index >= 15 is 0 Å². The number of halogens is 1. The number of ether oxygens (including phenoxy) is 1. The summed E-state index contributed by atoms with van der Waals surface area (Å²) in [7, 11) is 0. The maximum Gasteiger partial charge on any atom is 0.335 e. The monoisotopic (exact) mass is 597 g/mol. The third-order valence-corrected chi connectivity index (χ3v) is 7.63. The fourth-order valence-electron chi connectivity index (χ4n) is 4.78. The maximum absolute atomic E-state index is 13.5. The van der Waals surface area contributed by atoms with Crippen molar-refractivity contribution >= 4 is 45.5 Å². The predicted octanol–water partition coefficient (Wildman–Crippen LogP) is 6.72. The zero-order chi connectivity index (χ0) is 28.6. The average Bonchev–Trinajstić information content (AvgIpc) is 3.21. The molecule has 8 heteroatoms. The van der Waals surface area contributed by atoms with Crippen molar-refractivity contribution < 1.29 is 19.1 Å². The molecular formula is C32H28BrN3O4. The Bertz CT molecular complexity index is 1670. The van der Waals surface area contributed by atoms with Crippen LogP contribution in [0.15, 0.2) is 82.8 Å². The summed E-state index contributed by atoms with van der Waals surface area (Å²) < 4.78 is 9.00. The molecule has 0 atom stereocenters. The molecule has 3 aromatic carbocycles. The summed E-state index contributed by atoms with van der Waals surface area (Å²) in [4.78, 5) is 39.9. The lowest BCUT2D eigenvalue weighted by Crippen LogP contribution is -2.54. The van der Waals surface area contributed by atoms with E-state index in [1.54, 1.807) is 18.2 Å². The molecule has 4 amide bonds. The van der Waals surface area contributed by atoms with Gasteiger partial charge >= 0.3 is 6.03 Å². The van der Waals surface area contributed by atoms with Crippen LogP contribution in [0.25, 0.3) is 11.8 Å². The van der Waals surface area contributed by atoms with E-state index in [0.717, 1.165) is 48.9 Å². The van der Waals surface area contributed by atoms with Crippen molar-refractivity contribution in [3.05, 3.63) is 116 Å². The molecular weight excluding hydrogens is 570 g/mol. The van der Waals surface area contributed by atoms with Crippen LogP contribution in [-0.2, 0) is 16.2 Å². The van der Waals surface area contributed by atoms with E-state index in [1.807, 2.05) is 92.9 Å². The Hall–Kier alpha value is -4.43. The van der Waals surface area contributed by atoms with Crippen LogP contribution in [0.4, 0.5) is 10.5 Å². The number of hydrogen-bond donors (Lipinski definition) is 1. The van der Waals surface area contributed by atoms with Crippen molar-refractivity contribution in [2.24, 2.45) is 0 Å². The fourth-order valence-corrected chi connectivity index (χ4v) is 5.04. The molecule has 5 rings (SSSR count). The lowest BCUT2D eigenvalue weighted by Gasteiger charge is -2.28. The number of barbiturate groups is 1. The summed E-state index contributed by atoms with van der Waals surface area (Å²) in [5.41, 5.74) is 6.57. The molecule has 1 aliphatic heterocycles. The second kappa shape index (κ2) is 11.0. The van der Waals surface area contributed by atoms with Gasteiger partial charge < -0.3 is 9.30 Å². The minimum Gasteiger partial charge on any atom is -0.489 e. The molecule has 0 unspecified atom stereocenters. The molecule has 0 aliphatic carbocycles. The zero-order valence-electron chi connectivity index (χ0n) is 22.6. The number of anilines is 1. The Labute approximate surface area is 241 Å². The summed E-state index contributed by atoms with van der Waals surface area (Å²) >= 11 is 3.44. The second-order valence-corrected chi connectivity index (χ2v) is 10.7. The molecule has 40 heavy (non-hydrogen) atoms. The quantitative estimate of drug-likeness (QED) is 0.198. The van der Waals surface area contributed by atoms with Gasteiger partial charge in [-0.1, -0.05) is 40.2 Å². The number of carbonyl (C=O) groups is 3. The van der Waals surface area contributed by atoms with Crippen molar-refractivity contribution in [1.82, 2.24) is 9.88 Å².